The van der Waals surface area contributed by atoms with E-state index in [1.54, 1.807) is 17.0 Å². The van der Waals surface area contributed by atoms with E-state index in [1.807, 2.05) is 4.90 Å². The molecule has 1 aromatic rings. The Bertz CT molecular complexity index is 543. The van der Waals surface area contributed by atoms with Crippen LogP contribution in [0.25, 0.3) is 0 Å². The van der Waals surface area contributed by atoms with Gasteiger partial charge in [-0.15, -0.1) is 0 Å². The molecule has 2 amide bonds. The van der Waals surface area contributed by atoms with Crippen molar-refractivity contribution >= 4 is 27.7 Å². The number of piperazine rings is 1. The molecule has 2 fully saturated rings. The van der Waals surface area contributed by atoms with E-state index in [9.17, 15) is 9.59 Å². The first-order valence-corrected chi connectivity index (χ1v) is 8.78. The molecule has 0 N–H and O–H groups in total. The van der Waals surface area contributed by atoms with Gasteiger partial charge in [0.2, 0.25) is 5.91 Å². The highest BCUT2D eigenvalue weighted by molar-refractivity contribution is 9.10. The highest BCUT2D eigenvalue weighted by atomic mass is 79.9. The summed E-state index contributed by atoms with van der Waals surface area (Å²) < 4.78 is 5.87. The fourth-order valence-electron chi connectivity index (χ4n) is 3.32. The van der Waals surface area contributed by atoms with E-state index in [0.29, 0.717) is 36.6 Å². The summed E-state index contributed by atoms with van der Waals surface area (Å²) in [6.45, 7) is 2.41. The lowest BCUT2D eigenvalue weighted by Crippen LogP contribution is -2.52. The van der Waals surface area contributed by atoms with Crippen LogP contribution in [0.4, 0.5) is 0 Å². The topological polar surface area (TPSA) is 53.8 Å². The van der Waals surface area contributed by atoms with Crippen molar-refractivity contribution in [3.63, 3.8) is 0 Å². The van der Waals surface area contributed by atoms with Crippen LogP contribution in [0.1, 0.15) is 42.7 Å². The van der Waals surface area contributed by atoms with Gasteiger partial charge in [-0.2, -0.15) is 0 Å². The minimum Gasteiger partial charge on any atom is -0.444 e. The van der Waals surface area contributed by atoms with E-state index in [2.05, 4.69) is 15.9 Å². The van der Waals surface area contributed by atoms with E-state index < -0.39 is 0 Å². The van der Waals surface area contributed by atoms with Gasteiger partial charge in [0, 0.05) is 32.1 Å². The standard InChI is InChI=1S/C16H21BrN2O3/c17-14-7-6-13(22-14)16(21)19-10-8-18(9-11-19)15(20)12-4-2-1-3-5-12/h6-7,12H,1-5,8-11H2. The van der Waals surface area contributed by atoms with E-state index in [0.717, 1.165) is 12.8 Å². The average Bonchev–Trinajstić information content (AvgIpc) is 3.01. The maximum atomic E-state index is 12.5. The molecule has 0 aromatic carbocycles. The summed E-state index contributed by atoms with van der Waals surface area (Å²) in [5.41, 5.74) is 0. The van der Waals surface area contributed by atoms with E-state index in [-0.39, 0.29) is 17.7 Å². The quantitative estimate of drug-likeness (QED) is 0.806. The minimum atomic E-state index is -0.101. The molecule has 2 aliphatic rings. The number of carbonyl (C=O) groups excluding carboxylic acids is 2. The Hall–Kier alpha value is -1.30. The van der Waals surface area contributed by atoms with Crippen molar-refractivity contribution in [2.45, 2.75) is 32.1 Å². The zero-order valence-electron chi connectivity index (χ0n) is 12.6. The molecule has 1 aliphatic carbocycles. The van der Waals surface area contributed by atoms with Gasteiger partial charge in [-0.25, -0.2) is 0 Å². The molecule has 120 valence electrons. The Morgan fingerprint density at radius 1 is 1.00 bits per heavy atom. The number of hydrogen-bond donors (Lipinski definition) is 0. The molecule has 6 heteroatoms. The summed E-state index contributed by atoms with van der Waals surface area (Å²) in [5, 5.41) is 0. The maximum Gasteiger partial charge on any atom is 0.289 e. The number of amides is 2. The zero-order chi connectivity index (χ0) is 15.5. The number of nitrogens with zero attached hydrogens (tertiary/aromatic N) is 2. The third-order valence-electron chi connectivity index (χ3n) is 4.62. The molecule has 1 aliphatic heterocycles. The van der Waals surface area contributed by atoms with Crippen molar-refractivity contribution in [2.75, 3.05) is 26.2 Å². The summed E-state index contributed by atoms with van der Waals surface area (Å²) in [6, 6.07) is 3.39. The van der Waals surface area contributed by atoms with Crippen LogP contribution in [-0.4, -0.2) is 47.8 Å². The van der Waals surface area contributed by atoms with Crippen molar-refractivity contribution in [1.82, 2.24) is 9.80 Å². The summed E-state index contributed by atoms with van der Waals surface area (Å²) in [6.07, 6.45) is 5.64. The Morgan fingerprint density at radius 3 is 2.23 bits per heavy atom. The van der Waals surface area contributed by atoms with Crippen LogP contribution >= 0.6 is 15.9 Å². The molecule has 5 nitrogen and oxygen atoms in total. The highest BCUT2D eigenvalue weighted by Crippen LogP contribution is 2.26. The van der Waals surface area contributed by atoms with Gasteiger partial charge in [0.05, 0.1) is 0 Å². The van der Waals surface area contributed by atoms with Crippen LogP contribution in [-0.2, 0) is 4.79 Å². The van der Waals surface area contributed by atoms with Crippen LogP contribution in [0.3, 0.4) is 0 Å². The van der Waals surface area contributed by atoms with Gasteiger partial charge in [0.25, 0.3) is 5.91 Å². The van der Waals surface area contributed by atoms with E-state index >= 15 is 0 Å². The van der Waals surface area contributed by atoms with Crippen LogP contribution in [0.15, 0.2) is 21.2 Å². The van der Waals surface area contributed by atoms with Crippen LogP contribution < -0.4 is 0 Å². The normalized spacial score (nSPS) is 20.2. The maximum absolute atomic E-state index is 12.5. The van der Waals surface area contributed by atoms with Gasteiger partial charge in [0.15, 0.2) is 10.4 Å². The van der Waals surface area contributed by atoms with Crippen LogP contribution in [0.5, 0.6) is 0 Å². The molecule has 0 bridgehead atoms. The summed E-state index contributed by atoms with van der Waals surface area (Å²) in [5.74, 6) is 0.735. The highest BCUT2D eigenvalue weighted by Gasteiger charge is 2.30. The molecule has 0 unspecified atom stereocenters. The number of rotatable bonds is 2. The summed E-state index contributed by atoms with van der Waals surface area (Å²) in [7, 11) is 0. The molecule has 0 radical (unpaired) electrons. The second kappa shape index (κ2) is 6.86. The average molecular weight is 369 g/mol. The van der Waals surface area contributed by atoms with Gasteiger partial charge < -0.3 is 14.2 Å². The predicted octanol–water partition coefficient (Wildman–Crippen LogP) is 2.91. The van der Waals surface area contributed by atoms with Crippen molar-refractivity contribution < 1.29 is 14.0 Å². The molecular weight excluding hydrogens is 348 g/mol. The Balaban J connectivity index is 1.53. The molecule has 1 saturated carbocycles. The van der Waals surface area contributed by atoms with Crippen molar-refractivity contribution in [2.24, 2.45) is 5.92 Å². The number of halogens is 1. The Kier molecular flexibility index (Phi) is 4.86. The first-order chi connectivity index (χ1) is 10.6. The fraction of sp³-hybridized carbons (Fsp3) is 0.625. The lowest BCUT2D eigenvalue weighted by atomic mass is 9.88. The van der Waals surface area contributed by atoms with Gasteiger partial charge in [-0.05, 0) is 40.9 Å². The molecule has 2 heterocycles. The fourth-order valence-corrected chi connectivity index (χ4v) is 3.63. The molecule has 0 spiro atoms. The van der Waals surface area contributed by atoms with Crippen molar-refractivity contribution in [3.05, 3.63) is 22.6 Å². The van der Waals surface area contributed by atoms with Gasteiger partial charge in [-0.1, -0.05) is 19.3 Å². The number of furan rings is 1. The third kappa shape index (κ3) is 3.37. The molecule has 0 atom stereocenters. The molecule has 3 rings (SSSR count). The molecule has 1 aromatic heterocycles. The second-order valence-electron chi connectivity index (χ2n) is 6.06. The van der Waals surface area contributed by atoms with E-state index in [1.165, 1.54) is 19.3 Å². The summed E-state index contributed by atoms with van der Waals surface area (Å²) in [4.78, 5) is 28.5. The van der Waals surface area contributed by atoms with E-state index in [4.69, 9.17) is 4.42 Å². The molecule has 1 saturated heterocycles. The number of hydrogen-bond acceptors (Lipinski definition) is 3. The van der Waals surface area contributed by atoms with Gasteiger partial charge in [-0.3, -0.25) is 9.59 Å². The summed E-state index contributed by atoms with van der Waals surface area (Å²) >= 11 is 3.21. The lowest BCUT2D eigenvalue weighted by Gasteiger charge is -2.36. The van der Waals surface area contributed by atoms with Gasteiger partial charge >= 0.3 is 0 Å². The minimum absolute atomic E-state index is 0.101. The van der Waals surface area contributed by atoms with Crippen molar-refractivity contribution in [3.8, 4) is 0 Å². The van der Waals surface area contributed by atoms with Crippen molar-refractivity contribution in [1.29, 1.82) is 0 Å². The van der Waals surface area contributed by atoms with Crippen LogP contribution in [0, 0.1) is 5.92 Å². The monoisotopic (exact) mass is 368 g/mol. The zero-order valence-corrected chi connectivity index (χ0v) is 14.2. The third-order valence-corrected chi connectivity index (χ3v) is 5.04. The van der Waals surface area contributed by atoms with Crippen LogP contribution in [0.2, 0.25) is 0 Å². The second-order valence-corrected chi connectivity index (χ2v) is 6.84. The predicted molar refractivity (Wildman–Crippen MR) is 85.5 cm³/mol. The SMILES string of the molecule is O=C(c1ccc(Br)o1)N1CCN(C(=O)C2CCCCC2)CC1. The Morgan fingerprint density at radius 2 is 1.64 bits per heavy atom. The first-order valence-electron chi connectivity index (χ1n) is 7.98. The smallest absolute Gasteiger partial charge is 0.289 e. The van der Waals surface area contributed by atoms with Gasteiger partial charge in [0.1, 0.15) is 0 Å². The largest absolute Gasteiger partial charge is 0.444 e. The Labute approximate surface area is 138 Å². The first kappa shape index (κ1) is 15.6. The molecular formula is C16H21BrN2O3. The number of carbonyl (C=O) groups is 2. The lowest BCUT2D eigenvalue weighted by molar-refractivity contribution is -0.138. The molecule has 22 heavy (non-hydrogen) atoms.